The fraction of sp³-hybridized carbons (Fsp3) is 0.231. The van der Waals surface area contributed by atoms with Crippen molar-refractivity contribution >= 4 is 85.7 Å². The van der Waals surface area contributed by atoms with Crippen molar-refractivity contribution < 1.29 is 29.0 Å². The number of anilines is 2. The third-order valence-electron chi connectivity index (χ3n) is 11.0. The van der Waals surface area contributed by atoms with Gasteiger partial charge < -0.3 is 9.84 Å². The minimum atomic E-state index is -1.58. The van der Waals surface area contributed by atoms with E-state index in [2.05, 4.69) is 21.4 Å². The molecule has 4 aliphatic rings. The van der Waals surface area contributed by atoms with Crippen LogP contribution in [-0.4, -0.2) is 40.9 Å². The van der Waals surface area contributed by atoms with Crippen LogP contribution >= 0.6 is 50.7 Å². The smallest absolute Gasteiger partial charge is 0.260 e. The number of carbonyl (C=O) groups excluding carboxylic acids is 4. The number of nitrogens with zero attached hydrogens (tertiary/aromatic N) is 2. The molecule has 0 bridgehead atoms. The van der Waals surface area contributed by atoms with Crippen LogP contribution in [0, 0.1) is 23.7 Å². The largest absolute Gasteiger partial charge is 0.508 e. The maximum Gasteiger partial charge on any atom is 0.260 e. The Balaban J connectivity index is 1.33. The van der Waals surface area contributed by atoms with Crippen LogP contribution in [0.2, 0.25) is 15.1 Å². The lowest BCUT2D eigenvalue weighted by Crippen LogP contribution is -2.53. The average Bonchev–Trinajstić information content (AvgIpc) is 3.51. The van der Waals surface area contributed by atoms with E-state index in [1.54, 1.807) is 66.7 Å². The number of allylic oxidation sites excluding steroid dienone is 2. The minimum Gasteiger partial charge on any atom is -0.508 e. The number of benzene rings is 4. The first kappa shape index (κ1) is 34.7. The monoisotopic (exact) mass is 819 g/mol. The van der Waals surface area contributed by atoms with Gasteiger partial charge in [0, 0.05) is 20.4 Å². The first-order chi connectivity index (χ1) is 24.9. The zero-order chi connectivity index (χ0) is 36.6. The number of aromatic hydroxyl groups is 1. The van der Waals surface area contributed by atoms with Gasteiger partial charge in [-0.25, -0.2) is 0 Å². The van der Waals surface area contributed by atoms with Crippen molar-refractivity contribution in [1.29, 1.82) is 0 Å². The predicted octanol–water partition coefficient (Wildman–Crippen LogP) is 8.31. The van der Waals surface area contributed by atoms with Crippen LogP contribution in [0.15, 0.2) is 101 Å². The molecule has 0 aromatic heterocycles. The van der Waals surface area contributed by atoms with Crippen molar-refractivity contribution in [2.24, 2.45) is 23.7 Å². The lowest BCUT2D eigenvalue weighted by atomic mass is 9.49. The second-order valence-corrected chi connectivity index (χ2v) is 15.6. The lowest BCUT2D eigenvalue weighted by molar-refractivity contribution is -0.138. The van der Waals surface area contributed by atoms with Gasteiger partial charge in [-0.05, 0) is 96.6 Å². The number of phenols is 1. The maximum absolute atomic E-state index is 15.3. The van der Waals surface area contributed by atoms with E-state index in [9.17, 15) is 19.5 Å². The predicted molar refractivity (Wildman–Crippen MR) is 200 cm³/mol. The second kappa shape index (κ2) is 12.9. The molecule has 6 unspecified atom stereocenters. The normalized spacial score (nSPS) is 26.6. The molecule has 2 heterocycles. The summed E-state index contributed by atoms with van der Waals surface area (Å²) in [5, 5.41) is 12.2. The molecule has 6 atom stereocenters. The van der Waals surface area contributed by atoms with E-state index in [0.29, 0.717) is 27.6 Å². The number of halogens is 4. The Morgan fingerprint density at radius 1 is 0.846 bits per heavy atom. The lowest BCUT2D eigenvalue weighted by Gasteiger charge is -2.50. The number of imide groups is 2. The van der Waals surface area contributed by atoms with Crippen LogP contribution in [-0.2, 0) is 24.6 Å². The molecule has 2 N–H and O–H groups in total. The molecule has 52 heavy (non-hydrogen) atoms. The number of carbonyl (C=O) groups is 4. The summed E-state index contributed by atoms with van der Waals surface area (Å²) < 4.78 is 6.25. The third kappa shape index (κ3) is 5.17. The minimum absolute atomic E-state index is 0.0787. The van der Waals surface area contributed by atoms with Gasteiger partial charge in [0.1, 0.15) is 11.5 Å². The number of fused-ring (bicyclic) bond motifs is 4. The summed E-state index contributed by atoms with van der Waals surface area (Å²) in [6, 6.07) is 23.2. The number of hydrogen-bond acceptors (Lipinski definition) is 7. The Bertz CT molecular complexity index is 2210. The molecule has 0 spiro atoms. The standard InChI is InChI=1S/C39H29BrCl3N3O6/c1-52-24-10-2-19(3-11-24)39-29(36(49)46(38(39)51)44-32-15-6-21(41)16-31(32)43)18-28-25(34(39)26-12-9-23(47)17-30(26)42)13-14-27-33(28)37(50)45(35(27)48)22-7-4-20(40)5-8-22/h2-13,15-17,27-29,33-34,44,47H,14,18H2,1H3. The summed E-state index contributed by atoms with van der Waals surface area (Å²) in [5.41, 5.74) is 3.89. The number of phenolic OH excluding ortho intramolecular Hbond substituents is 1. The number of hydrogen-bond donors (Lipinski definition) is 2. The van der Waals surface area contributed by atoms with E-state index in [1.807, 2.05) is 6.08 Å². The first-order valence-corrected chi connectivity index (χ1v) is 18.4. The number of ether oxygens (including phenoxy) is 1. The molecule has 4 aromatic carbocycles. The molecule has 1 saturated carbocycles. The maximum atomic E-state index is 15.3. The molecule has 3 fully saturated rings. The van der Waals surface area contributed by atoms with Crippen LogP contribution in [0.25, 0.3) is 0 Å². The van der Waals surface area contributed by atoms with E-state index in [-0.39, 0.29) is 46.1 Å². The van der Waals surface area contributed by atoms with Gasteiger partial charge in [-0.1, -0.05) is 80.6 Å². The van der Waals surface area contributed by atoms with Crippen LogP contribution in [0.5, 0.6) is 11.5 Å². The summed E-state index contributed by atoms with van der Waals surface area (Å²) >= 11 is 23.1. The molecule has 9 nitrogen and oxygen atoms in total. The van der Waals surface area contributed by atoms with Crippen LogP contribution < -0.4 is 15.1 Å². The molecule has 0 radical (unpaired) electrons. The summed E-state index contributed by atoms with van der Waals surface area (Å²) in [6.07, 6.45) is 2.28. The molecule has 264 valence electrons. The highest BCUT2D eigenvalue weighted by molar-refractivity contribution is 9.10. The third-order valence-corrected chi connectivity index (χ3v) is 12.4. The van der Waals surface area contributed by atoms with Crippen molar-refractivity contribution in [3.63, 3.8) is 0 Å². The number of amides is 4. The van der Waals surface area contributed by atoms with Gasteiger partial charge >= 0.3 is 0 Å². The molecule has 2 saturated heterocycles. The zero-order valence-electron chi connectivity index (χ0n) is 27.4. The number of nitrogens with one attached hydrogen (secondary N) is 1. The van der Waals surface area contributed by atoms with Crippen molar-refractivity contribution in [3.8, 4) is 11.5 Å². The van der Waals surface area contributed by atoms with Crippen molar-refractivity contribution in [1.82, 2.24) is 5.01 Å². The van der Waals surface area contributed by atoms with Gasteiger partial charge in [0.15, 0.2) is 0 Å². The molecule has 8 rings (SSSR count). The SMILES string of the molecule is COc1ccc(C23C(=O)N(Nc4ccc(Cl)cc4Cl)C(=O)C2CC2C(=CCC4C(=O)N(c5ccc(Br)cc5)C(=O)C42)C3c2ccc(O)cc2Cl)cc1. The Kier molecular flexibility index (Phi) is 8.65. The van der Waals surface area contributed by atoms with Gasteiger partial charge in [0.05, 0.1) is 46.7 Å². The fourth-order valence-corrected chi connectivity index (χ4v) is 9.78. The van der Waals surface area contributed by atoms with E-state index in [0.717, 1.165) is 15.1 Å². The van der Waals surface area contributed by atoms with Gasteiger partial charge in [-0.3, -0.25) is 29.5 Å². The van der Waals surface area contributed by atoms with Crippen LogP contribution in [0.3, 0.4) is 0 Å². The van der Waals surface area contributed by atoms with E-state index in [1.165, 1.54) is 30.2 Å². The highest BCUT2D eigenvalue weighted by atomic mass is 79.9. The molecule has 2 aliphatic heterocycles. The van der Waals surface area contributed by atoms with Crippen LogP contribution in [0.1, 0.15) is 29.9 Å². The molecule has 4 amide bonds. The summed E-state index contributed by atoms with van der Waals surface area (Å²) in [7, 11) is 1.53. The number of methoxy groups -OCH3 is 1. The highest BCUT2D eigenvalue weighted by Gasteiger charge is 2.70. The number of rotatable bonds is 6. The topological polar surface area (TPSA) is 116 Å². The Morgan fingerprint density at radius 2 is 1.58 bits per heavy atom. The Hall–Kier alpha value is -4.35. The van der Waals surface area contributed by atoms with Crippen molar-refractivity contribution in [2.75, 3.05) is 17.4 Å². The quantitative estimate of drug-likeness (QED) is 0.149. The average molecular weight is 822 g/mol. The summed E-state index contributed by atoms with van der Waals surface area (Å²) in [4.78, 5) is 59.9. The summed E-state index contributed by atoms with van der Waals surface area (Å²) in [5.74, 6) is -5.25. The van der Waals surface area contributed by atoms with E-state index < -0.39 is 46.8 Å². The second-order valence-electron chi connectivity index (χ2n) is 13.4. The summed E-state index contributed by atoms with van der Waals surface area (Å²) in [6.45, 7) is 0. The fourth-order valence-electron chi connectivity index (χ4n) is 8.78. The number of hydrazine groups is 1. The van der Waals surface area contributed by atoms with Gasteiger partial charge in [0.2, 0.25) is 11.8 Å². The van der Waals surface area contributed by atoms with Gasteiger partial charge in [-0.15, -0.1) is 0 Å². The Morgan fingerprint density at radius 3 is 2.25 bits per heavy atom. The van der Waals surface area contributed by atoms with Crippen LogP contribution in [0.4, 0.5) is 11.4 Å². The van der Waals surface area contributed by atoms with Crippen molar-refractivity contribution in [2.45, 2.75) is 24.2 Å². The molecular formula is C39H29BrCl3N3O6. The van der Waals surface area contributed by atoms with Crippen molar-refractivity contribution in [3.05, 3.63) is 127 Å². The van der Waals surface area contributed by atoms with E-state index >= 15 is 4.79 Å². The molecular weight excluding hydrogens is 793 g/mol. The highest BCUT2D eigenvalue weighted by Crippen LogP contribution is 2.65. The molecule has 4 aromatic rings. The zero-order valence-corrected chi connectivity index (χ0v) is 31.2. The van der Waals surface area contributed by atoms with E-state index in [4.69, 9.17) is 39.5 Å². The molecule has 2 aliphatic carbocycles. The Labute approximate surface area is 322 Å². The van der Waals surface area contributed by atoms with Gasteiger partial charge in [0.25, 0.3) is 11.8 Å². The van der Waals surface area contributed by atoms with Gasteiger partial charge in [-0.2, -0.15) is 5.01 Å². The molecule has 13 heteroatoms. The first-order valence-electron chi connectivity index (χ1n) is 16.5.